The fraction of sp³-hybridized carbons (Fsp3) is 0.381. The Bertz CT molecular complexity index is 801. The Labute approximate surface area is 160 Å². The summed E-state index contributed by atoms with van der Waals surface area (Å²) in [7, 11) is 0. The number of nitrogens with zero attached hydrogens (tertiary/aromatic N) is 3. The van der Waals surface area contributed by atoms with Crippen LogP contribution in [0, 0.1) is 0 Å². The minimum absolute atomic E-state index is 0.0948. The lowest BCUT2D eigenvalue weighted by molar-refractivity contribution is -0.123. The highest BCUT2D eigenvalue weighted by Crippen LogP contribution is 2.29. The third-order valence-electron chi connectivity index (χ3n) is 5.55. The van der Waals surface area contributed by atoms with Crippen LogP contribution >= 0.6 is 11.6 Å². The summed E-state index contributed by atoms with van der Waals surface area (Å²) in [6.45, 7) is 6.43. The highest BCUT2D eigenvalue weighted by atomic mass is 35.5. The van der Waals surface area contributed by atoms with E-state index in [0.717, 1.165) is 55.5 Å². The van der Waals surface area contributed by atoms with Gasteiger partial charge in [0.15, 0.2) is 0 Å². The first kappa shape index (κ1) is 17.4. The molecule has 0 saturated carbocycles. The molecular weight excluding hydrogens is 346 g/mol. The molecule has 5 heteroatoms. The van der Waals surface area contributed by atoms with Crippen LogP contribution in [0.15, 0.2) is 48.5 Å². The van der Waals surface area contributed by atoms with Gasteiger partial charge in [0.2, 0.25) is 5.91 Å². The summed E-state index contributed by atoms with van der Waals surface area (Å²) in [5.74, 6) is 0.214. The number of amides is 1. The molecule has 0 radical (unpaired) electrons. The minimum atomic E-state index is -0.0948. The van der Waals surface area contributed by atoms with Crippen LogP contribution in [-0.2, 0) is 11.2 Å². The lowest BCUT2D eigenvalue weighted by Gasteiger charge is -2.39. The number of halogens is 1. The molecule has 0 aromatic heterocycles. The zero-order valence-electron chi connectivity index (χ0n) is 15.1. The number of benzene rings is 2. The molecule has 1 fully saturated rings. The molecule has 136 valence electrons. The van der Waals surface area contributed by atoms with Gasteiger partial charge in [-0.2, -0.15) is 0 Å². The van der Waals surface area contributed by atoms with Gasteiger partial charge < -0.3 is 9.80 Å². The van der Waals surface area contributed by atoms with Crippen molar-refractivity contribution in [2.45, 2.75) is 19.4 Å². The summed E-state index contributed by atoms with van der Waals surface area (Å²) in [6.07, 6.45) is 0.956. The lowest BCUT2D eigenvalue weighted by Crippen LogP contribution is -2.54. The average molecular weight is 370 g/mol. The van der Waals surface area contributed by atoms with E-state index in [9.17, 15) is 4.79 Å². The van der Waals surface area contributed by atoms with Gasteiger partial charge in [0.05, 0.1) is 6.04 Å². The number of anilines is 2. The van der Waals surface area contributed by atoms with E-state index in [1.54, 1.807) is 0 Å². The van der Waals surface area contributed by atoms with E-state index >= 15 is 0 Å². The van der Waals surface area contributed by atoms with Gasteiger partial charge in [0, 0.05) is 49.1 Å². The monoisotopic (exact) mass is 369 g/mol. The average Bonchev–Trinajstić information content (AvgIpc) is 3.11. The van der Waals surface area contributed by atoms with Crippen LogP contribution in [-0.4, -0.2) is 49.6 Å². The molecule has 1 amide bonds. The summed E-state index contributed by atoms with van der Waals surface area (Å²) in [4.78, 5) is 19.7. The Balaban J connectivity index is 1.39. The Morgan fingerprint density at radius 2 is 1.77 bits per heavy atom. The van der Waals surface area contributed by atoms with Crippen LogP contribution in [0.2, 0.25) is 5.02 Å². The highest BCUT2D eigenvalue weighted by molar-refractivity contribution is 6.30. The molecule has 2 aromatic carbocycles. The minimum Gasteiger partial charge on any atom is -0.369 e. The van der Waals surface area contributed by atoms with Crippen LogP contribution in [0.4, 0.5) is 11.4 Å². The Hall–Kier alpha value is -2.04. The molecule has 0 bridgehead atoms. The van der Waals surface area contributed by atoms with E-state index in [1.165, 1.54) is 5.56 Å². The smallest absolute Gasteiger partial charge is 0.244 e. The molecule has 2 aromatic rings. The molecule has 0 unspecified atom stereocenters. The maximum atomic E-state index is 13.1. The lowest BCUT2D eigenvalue weighted by atomic mass is 10.1. The zero-order chi connectivity index (χ0) is 18.1. The molecule has 2 aliphatic rings. The standard InChI is InChI=1S/C21H24ClN3O/c1-16(21(26)25-10-9-17-5-2-3-8-20(17)25)23-11-13-24(14-12-23)19-7-4-6-18(22)15-19/h2-8,15-16H,9-14H2,1H3/t16-/m0/s1. The summed E-state index contributed by atoms with van der Waals surface area (Å²) in [5, 5.41) is 0.765. The van der Waals surface area contributed by atoms with Crippen LogP contribution < -0.4 is 9.80 Å². The molecule has 0 aliphatic carbocycles. The van der Waals surface area contributed by atoms with Gasteiger partial charge in [-0.3, -0.25) is 9.69 Å². The van der Waals surface area contributed by atoms with Crippen LogP contribution in [0.1, 0.15) is 12.5 Å². The molecule has 2 heterocycles. The second-order valence-corrected chi connectivity index (χ2v) is 7.48. The van der Waals surface area contributed by atoms with Crippen LogP contribution in [0.5, 0.6) is 0 Å². The maximum absolute atomic E-state index is 13.1. The first-order valence-corrected chi connectivity index (χ1v) is 9.65. The number of rotatable bonds is 3. The van der Waals surface area contributed by atoms with Gasteiger partial charge in [-0.15, -0.1) is 0 Å². The summed E-state index contributed by atoms with van der Waals surface area (Å²) < 4.78 is 0. The van der Waals surface area contributed by atoms with E-state index in [0.29, 0.717) is 0 Å². The Morgan fingerprint density at radius 3 is 2.54 bits per heavy atom. The van der Waals surface area contributed by atoms with Crippen molar-refractivity contribution in [1.29, 1.82) is 0 Å². The fourth-order valence-electron chi connectivity index (χ4n) is 3.99. The molecule has 4 nitrogen and oxygen atoms in total. The van der Waals surface area contributed by atoms with E-state index in [2.05, 4.69) is 28.0 Å². The SMILES string of the molecule is C[C@@H](C(=O)N1CCc2ccccc21)N1CCN(c2cccc(Cl)c2)CC1. The topological polar surface area (TPSA) is 26.8 Å². The Morgan fingerprint density at radius 1 is 1.00 bits per heavy atom. The number of carbonyl (C=O) groups excluding carboxylic acids is 1. The maximum Gasteiger partial charge on any atom is 0.244 e. The summed E-state index contributed by atoms with van der Waals surface area (Å²) >= 11 is 6.11. The van der Waals surface area contributed by atoms with Crippen molar-refractivity contribution >= 4 is 28.9 Å². The molecule has 2 aliphatic heterocycles. The van der Waals surface area contributed by atoms with Crippen molar-refractivity contribution in [3.8, 4) is 0 Å². The molecule has 1 saturated heterocycles. The van der Waals surface area contributed by atoms with E-state index < -0.39 is 0 Å². The van der Waals surface area contributed by atoms with Gasteiger partial charge in [-0.05, 0) is 43.2 Å². The zero-order valence-corrected chi connectivity index (χ0v) is 15.8. The molecule has 4 rings (SSSR count). The van der Waals surface area contributed by atoms with Gasteiger partial charge >= 0.3 is 0 Å². The summed E-state index contributed by atoms with van der Waals surface area (Å²) in [5.41, 5.74) is 3.52. The second kappa shape index (κ2) is 7.29. The highest BCUT2D eigenvalue weighted by Gasteiger charge is 2.32. The van der Waals surface area contributed by atoms with Gasteiger partial charge in [-0.25, -0.2) is 0 Å². The quantitative estimate of drug-likeness (QED) is 0.829. The summed E-state index contributed by atoms with van der Waals surface area (Å²) in [6, 6.07) is 16.1. The molecular formula is C21H24ClN3O. The first-order valence-electron chi connectivity index (χ1n) is 9.27. The van der Waals surface area contributed by atoms with Crippen molar-refractivity contribution in [2.75, 3.05) is 42.5 Å². The molecule has 1 atom stereocenters. The van der Waals surface area contributed by atoms with Crippen LogP contribution in [0.3, 0.4) is 0 Å². The molecule has 0 spiro atoms. The molecule has 26 heavy (non-hydrogen) atoms. The first-order chi connectivity index (χ1) is 12.6. The van der Waals surface area contributed by atoms with Crippen molar-refractivity contribution in [3.05, 3.63) is 59.1 Å². The second-order valence-electron chi connectivity index (χ2n) is 7.05. The third kappa shape index (κ3) is 3.31. The van der Waals surface area contributed by atoms with E-state index in [1.807, 2.05) is 42.2 Å². The number of piperazine rings is 1. The number of hydrogen-bond donors (Lipinski definition) is 0. The van der Waals surface area contributed by atoms with Crippen LogP contribution in [0.25, 0.3) is 0 Å². The van der Waals surface area contributed by atoms with Gasteiger partial charge in [0.1, 0.15) is 0 Å². The predicted molar refractivity (Wildman–Crippen MR) is 107 cm³/mol. The largest absolute Gasteiger partial charge is 0.369 e. The van der Waals surface area contributed by atoms with Crippen molar-refractivity contribution < 1.29 is 4.79 Å². The number of carbonyl (C=O) groups is 1. The van der Waals surface area contributed by atoms with Gasteiger partial charge in [0.25, 0.3) is 0 Å². The van der Waals surface area contributed by atoms with Crippen molar-refractivity contribution in [1.82, 2.24) is 4.90 Å². The van der Waals surface area contributed by atoms with E-state index in [4.69, 9.17) is 11.6 Å². The predicted octanol–water partition coefficient (Wildman–Crippen LogP) is 3.44. The van der Waals surface area contributed by atoms with Crippen molar-refractivity contribution in [2.24, 2.45) is 0 Å². The number of fused-ring (bicyclic) bond motifs is 1. The van der Waals surface area contributed by atoms with Crippen molar-refractivity contribution in [3.63, 3.8) is 0 Å². The number of para-hydroxylation sites is 1. The number of hydrogen-bond acceptors (Lipinski definition) is 3. The van der Waals surface area contributed by atoms with E-state index in [-0.39, 0.29) is 11.9 Å². The fourth-order valence-corrected chi connectivity index (χ4v) is 4.17. The van der Waals surface area contributed by atoms with Gasteiger partial charge in [-0.1, -0.05) is 35.9 Å². The molecule has 0 N–H and O–H groups in total. The Kier molecular flexibility index (Phi) is 4.88. The third-order valence-corrected chi connectivity index (χ3v) is 5.78. The normalized spacial score (nSPS) is 18.7.